The first-order valence-corrected chi connectivity index (χ1v) is 18.6. The van der Waals surface area contributed by atoms with Gasteiger partial charge < -0.3 is 9.80 Å². The zero-order chi connectivity index (χ0) is 36.8. The first-order chi connectivity index (χ1) is 24.7. The smallest absolute Gasteiger partial charge is 0.0619 e. The zero-order valence-corrected chi connectivity index (χ0v) is 32.3. The Morgan fingerprint density at radius 2 is 0.500 bits per heavy atom. The largest absolute Gasteiger partial charge is 0.309 e. The van der Waals surface area contributed by atoms with Crippen molar-refractivity contribution in [3.63, 3.8) is 0 Å². The van der Waals surface area contributed by atoms with E-state index in [1.807, 2.05) is 0 Å². The van der Waals surface area contributed by atoms with Gasteiger partial charge in [-0.1, -0.05) is 165 Å². The molecule has 0 aromatic heterocycles. The van der Waals surface area contributed by atoms with E-state index in [0.29, 0.717) is 0 Å². The number of hydrogen-bond donors (Lipinski definition) is 0. The van der Waals surface area contributed by atoms with Crippen molar-refractivity contribution in [2.45, 2.75) is 78.6 Å². The van der Waals surface area contributed by atoms with E-state index in [4.69, 9.17) is 0 Å². The molecule has 0 atom stereocenters. The molecule has 0 radical (unpaired) electrons. The van der Waals surface area contributed by atoms with Gasteiger partial charge >= 0.3 is 0 Å². The van der Waals surface area contributed by atoms with Gasteiger partial charge in [-0.15, -0.1) is 0 Å². The zero-order valence-electron chi connectivity index (χ0n) is 32.3. The molecule has 0 saturated heterocycles. The lowest BCUT2D eigenvalue weighted by molar-refractivity contribution is 0.590. The van der Waals surface area contributed by atoms with E-state index in [2.05, 4.69) is 224 Å². The first-order valence-electron chi connectivity index (χ1n) is 18.6. The highest BCUT2D eigenvalue weighted by atomic mass is 15.2. The fourth-order valence-corrected chi connectivity index (χ4v) is 7.29. The summed E-state index contributed by atoms with van der Waals surface area (Å²) in [5, 5.41) is 4.79. The second-order valence-electron chi connectivity index (χ2n) is 17.2. The first kappa shape index (κ1) is 35.1. The van der Waals surface area contributed by atoms with E-state index in [-0.39, 0.29) is 16.2 Å². The third-order valence-corrected chi connectivity index (χ3v) is 10.3. The van der Waals surface area contributed by atoms with Crippen molar-refractivity contribution in [2.24, 2.45) is 0 Å². The molecule has 262 valence electrons. The van der Waals surface area contributed by atoms with Gasteiger partial charge in [0.05, 0.1) is 11.4 Å². The van der Waals surface area contributed by atoms with Crippen molar-refractivity contribution in [3.05, 3.63) is 168 Å². The maximum atomic E-state index is 2.47. The minimum absolute atomic E-state index is 0.0603. The molecule has 7 rings (SSSR count). The van der Waals surface area contributed by atoms with Crippen molar-refractivity contribution in [1.82, 2.24) is 0 Å². The Balaban J connectivity index is 1.55. The Kier molecular flexibility index (Phi) is 8.99. The molecule has 0 amide bonds. The van der Waals surface area contributed by atoms with Crippen LogP contribution in [0.4, 0.5) is 34.1 Å². The third kappa shape index (κ3) is 6.71. The van der Waals surface area contributed by atoms with Crippen LogP contribution in [-0.2, 0) is 16.2 Å². The number of hydrogen-bond acceptors (Lipinski definition) is 2. The average Bonchev–Trinajstić information content (AvgIpc) is 3.12. The molecule has 0 aliphatic heterocycles. The molecule has 7 aromatic carbocycles. The Bertz CT molecular complexity index is 2200. The van der Waals surface area contributed by atoms with Crippen molar-refractivity contribution >= 4 is 55.7 Å². The highest BCUT2D eigenvalue weighted by Crippen LogP contribution is 2.51. The molecular formula is C50H52N2. The summed E-state index contributed by atoms with van der Waals surface area (Å²) in [6, 6.07) is 56.2. The van der Waals surface area contributed by atoms with E-state index < -0.39 is 0 Å². The summed E-state index contributed by atoms with van der Waals surface area (Å²) in [7, 11) is 0. The maximum absolute atomic E-state index is 2.47. The van der Waals surface area contributed by atoms with Crippen LogP contribution in [0, 0.1) is 0 Å². The monoisotopic (exact) mass is 680 g/mol. The molecular weight excluding hydrogens is 629 g/mol. The summed E-state index contributed by atoms with van der Waals surface area (Å²) in [6.07, 6.45) is 0. The van der Waals surface area contributed by atoms with Crippen LogP contribution in [0.15, 0.2) is 152 Å². The van der Waals surface area contributed by atoms with Gasteiger partial charge in [-0.05, 0) is 81.5 Å². The lowest BCUT2D eigenvalue weighted by Crippen LogP contribution is -2.16. The SMILES string of the molecule is CC(C)(C)c1ccc(N(c2ccccc2)c2c3ccccc3c(N(c3ccc(C(C)(C)C)cc3)c3ccc(C(C)(C)C)cc3)c3ccccc23)cc1. The molecule has 7 aromatic rings. The predicted octanol–water partition coefficient (Wildman–Crippen LogP) is 14.8. The second-order valence-corrected chi connectivity index (χ2v) is 17.2. The molecule has 52 heavy (non-hydrogen) atoms. The van der Waals surface area contributed by atoms with Gasteiger partial charge in [-0.25, -0.2) is 0 Å². The van der Waals surface area contributed by atoms with Gasteiger partial charge in [0, 0.05) is 44.3 Å². The van der Waals surface area contributed by atoms with Gasteiger partial charge in [0.25, 0.3) is 0 Å². The standard InChI is InChI=1S/C50H52N2/c1-48(2,3)35-23-29-39(30-24-35)51(38-17-11-10-12-18-38)46-42-19-13-15-21-44(42)47(45-22-16-14-20-43(45)46)52(40-31-25-36(26-32-40)49(4,5)6)41-33-27-37(28-34-41)50(7,8)9/h10-34H,1-9H3. The molecule has 0 aliphatic rings. The number of anilines is 6. The predicted molar refractivity (Wildman–Crippen MR) is 227 cm³/mol. The molecule has 0 N–H and O–H groups in total. The van der Waals surface area contributed by atoms with Crippen LogP contribution >= 0.6 is 0 Å². The molecule has 2 heteroatoms. The Labute approximate surface area is 311 Å². The summed E-state index contributed by atoms with van der Waals surface area (Å²) in [6.45, 7) is 20.5. The molecule has 0 fully saturated rings. The fourth-order valence-electron chi connectivity index (χ4n) is 7.29. The van der Waals surface area contributed by atoms with E-state index in [9.17, 15) is 0 Å². The van der Waals surface area contributed by atoms with Crippen molar-refractivity contribution in [2.75, 3.05) is 9.80 Å². The molecule has 0 unspecified atom stereocenters. The van der Waals surface area contributed by atoms with Gasteiger partial charge in [-0.2, -0.15) is 0 Å². The average molecular weight is 681 g/mol. The lowest BCUT2D eigenvalue weighted by atomic mass is 9.86. The Morgan fingerprint density at radius 1 is 0.269 bits per heavy atom. The normalized spacial score (nSPS) is 12.3. The summed E-state index contributed by atoms with van der Waals surface area (Å²) >= 11 is 0. The van der Waals surface area contributed by atoms with Crippen LogP contribution in [0.2, 0.25) is 0 Å². The van der Waals surface area contributed by atoms with E-state index in [1.165, 1.54) is 49.6 Å². The third-order valence-electron chi connectivity index (χ3n) is 10.3. The summed E-state index contributed by atoms with van der Waals surface area (Å²) in [4.78, 5) is 4.92. The summed E-state index contributed by atoms with van der Waals surface area (Å²) in [5.74, 6) is 0. The minimum atomic E-state index is 0.0603. The molecule has 0 saturated carbocycles. The van der Waals surface area contributed by atoms with Gasteiger partial charge in [0.15, 0.2) is 0 Å². The van der Waals surface area contributed by atoms with Crippen LogP contribution in [0.3, 0.4) is 0 Å². The van der Waals surface area contributed by atoms with Crippen molar-refractivity contribution in [1.29, 1.82) is 0 Å². The molecule has 0 spiro atoms. The number of rotatable bonds is 6. The van der Waals surface area contributed by atoms with Crippen LogP contribution in [0.5, 0.6) is 0 Å². The highest BCUT2D eigenvalue weighted by Gasteiger charge is 2.26. The molecule has 0 bridgehead atoms. The van der Waals surface area contributed by atoms with Crippen LogP contribution in [-0.4, -0.2) is 0 Å². The Morgan fingerprint density at radius 3 is 0.750 bits per heavy atom. The highest BCUT2D eigenvalue weighted by molar-refractivity contribution is 6.23. The van der Waals surface area contributed by atoms with Crippen molar-refractivity contribution < 1.29 is 0 Å². The number of fused-ring (bicyclic) bond motifs is 2. The van der Waals surface area contributed by atoms with Crippen LogP contribution in [0.25, 0.3) is 21.5 Å². The van der Waals surface area contributed by atoms with E-state index >= 15 is 0 Å². The quantitative estimate of drug-likeness (QED) is 0.127. The molecule has 0 aliphatic carbocycles. The minimum Gasteiger partial charge on any atom is -0.309 e. The van der Waals surface area contributed by atoms with E-state index in [0.717, 1.165) is 22.7 Å². The summed E-state index contributed by atoms with van der Waals surface area (Å²) in [5.41, 5.74) is 11.0. The lowest BCUT2D eigenvalue weighted by Gasteiger charge is -2.33. The second kappa shape index (κ2) is 13.3. The molecule has 0 heterocycles. The van der Waals surface area contributed by atoms with Gasteiger partial charge in [0.2, 0.25) is 0 Å². The number of benzene rings is 7. The number of para-hydroxylation sites is 1. The van der Waals surface area contributed by atoms with Gasteiger partial charge in [-0.3, -0.25) is 0 Å². The van der Waals surface area contributed by atoms with Crippen molar-refractivity contribution in [3.8, 4) is 0 Å². The summed E-state index contributed by atoms with van der Waals surface area (Å²) < 4.78 is 0. The number of nitrogens with zero attached hydrogens (tertiary/aromatic N) is 2. The maximum Gasteiger partial charge on any atom is 0.0619 e. The fraction of sp³-hybridized carbons (Fsp3) is 0.240. The molecule has 2 nitrogen and oxygen atoms in total. The van der Waals surface area contributed by atoms with Crippen LogP contribution < -0.4 is 9.80 Å². The Hall–Kier alpha value is -5.34. The van der Waals surface area contributed by atoms with E-state index in [1.54, 1.807) is 0 Å². The van der Waals surface area contributed by atoms with Crippen LogP contribution in [0.1, 0.15) is 79.0 Å². The topological polar surface area (TPSA) is 6.48 Å². The van der Waals surface area contributed by atoms with Gasteiger partial charge in [0.1, 0.15) is 0 Å².